The summed E-state index contributed by atoms with van der Waals surface area (Å²) in [5.74, 6) is -0.270. The fourth-order valence-corrected chi connectivity index (χ4v) is 2.16. The van der Waals surface area contributed by atoms with Crippen molar-refractivity contribution in [1.82, 2.24) is 4.98 Å². The number of nitrogens with zero attached hydrogens (tertiary/aromatic N) is 2. The van der Waals surface area contributed by atoms with Crippen molar-refractivity contribution in [2.24, 2.45) is 4.36 Å². The minimum Gasteiger partial charge on any atom is -0.456 e. The molecule has 21 heavy (non-hydrogen) atoms. The zero-order valence-electron chi connectivity index (χ0n) is 11.9. The molecule has 0 spiro atoms. The van der Waals surface area contributed by atoms with E-state index < -0.39 is 15.7 Å². The van der Waals surface area contributed by atoms with E-state index in [1.165, 1.54) is 12.5 Å². The average Bonchev–Trinajstić information content (AvgIpc) is 2.44. The molecule has 2 aromatic rings. The number of benzene rings is 1. The van der Waals surface area contributed by atoms with Gasteiger partial charge in [-0.25, -0.2) is 14.0 Å². The van der Waals surface area contributed by atoms with E-state index in [4.69, 9.17) is 4.74 Å². The van der Waals surface area contributed by atoms with Gasteiger partial charge in [-0.3, -0.25) is 0 Å². The van der Waals surface area contributed by atoms with Gasteiger partial charge < -0.3 is 4.74 Å². The average molecular weight is 304 g/mol. The first-order valence-corrected chi connectivity index (χ1v) is 8.62. The fourth-order valence-electron chi connectivity index (χ4n) is 1.61. The summed E-state index contributed by atoms with van der Waals surface area (Å²) in [5.41, 5.74) is 1.05. The van der Waals surface area contributed by atoms with Gasteiger partial charge in [-0.1, -0.05) is 36.4 Å². The summed E-state index contributed by atoms with van der Waals surface area (Å²) in [4.78, 5) is 16.0. The van der Waals surface area contributed by atoms with Crippen LogP contribution in [0.4, 0.5) is 5.82 Å². The first-order chi connectivity index (χ1) is 9.94. The summed E-state index contributed by atoms with van der Waals surface area (Å²) in [6, 6.07) is 14.2. The van der Waals surface area contributed by atoms with Gasteiger partial charge in [-0.2, -0.15) is 4.36 Å². The minimum atomic E-state index is -2.31. The van der Waals surface area contributed by atoms with Gasteiger partial charge in [0, 0.05) is 22.2 Å². The number of rotatable bonds is 4. The lowest BCUT2D eigenvalue weighted by atomic mass is 10.2. The molecule has 5 nitrogen and oxygen atoms in total. The van der Waals surface area contributed by atoms with Crippen molar-refractivity contribution in [1.29, 1.82) is 0 Å². The molecule has 1 aromatic heterocycles. The van der Waals surface area contributed by atoms with Crippen LogP contribution >= 0.6 is 0 Å². The molecule has 0 aliphatic heterocycles. The quantitative estimate of drug-likeness (QED) is 0.814. The molecule has 0 fully saturated rings. The van der Waals surface area contributed by atoms with Gasteiger partial charge in [0.1, 0.15) is 6.61 Å². The van der Waals surface area contributed by atoms with Gasteiger partial charge in [0.15, 0.2) is 11.5 Å². The molecule has 0 radical (unpaired) electrons. The van der Waals surface area contributed by atoms with Gasteiger partial charge in [0.25, 0.3) is 0 Å². The van der Waals surface area contributed by atoms with Crippen molar-refractivity contribution in [3.05, 3.63) is 59.8 Å². The van der Waals surface area contributed by atoms with E-state index >= 15 is 0 Å². The van der Waals surface area contributed by atoms with Crippen LogP contribution in [0.3, 0.4) is 0 Å². The van der Waals surface area contributed by atoms with Gasteiger partial charge in [-0.05, 0) is 17.7 Å². The molecule has 0 saturated carbocycles. The van der Waals surface area contributed by atoms with E-state index in [2.05, 4.69) is 9.35 Å². The van der Waals surface area contributed by atoms with Crippen LogP contribution in [0.5, 0.6) is 0 Å². The van der Waals surface area contributed by atoms with E-state index in [0.29, 0.717) is 0 Å². The van der Waals surface area contributed by atoms with Crippen molar-refractivity contribution in [2.75, 3.05) is 12.5 Å². The molecule has 0 aliphatic carbocycles. The molecule has 0 unspecified atom stereocenters. The third kappa shape index (κ3) is 5.00. The van der Waals surface area contributed by atoms with Crippen LogP contribution < -0.4 is 0 Å². The summed E-state index contributed by atoms with van der Waals surface area (Å²) in [7, 11) is -2.31. The predicted octanol–water partition coefficient (Wildman–Crippen LogP) is 2.80. The molecule has 1 aromatic carbocycles. The highest BCUT2D eigenvalue weighted by atomic mass is 32.2. The Morgan fingerprint density at radius 1 is 1.14 bits per heavy atom. The Bertz CT molecular complexity index is 743. The summed E-state index contributed by atoms with van der Waals surface area (Å²) < 4.78 is 20.8. The number of pyridine rings is 1. The Balaban J connectivity index is 2.10. The van der Waals surface area contributed by atoms with Crippen molar-refractivity contribution in [3.8, 4) is 0 Å². The lowest BCUT2D eigenvalue weighted by Gasteiger charge is -2.05. The maximum atomic E-state index is 11.9. The normalized spacial score (nSPS) is 11.0. The summed E-state index contributed by atoms with van der Waals surface area (Å²) in [6.07, 6.45) is 3.02. The van der Waals surface area contributed by atoms with Crippen molar-refractivity contribution in [2.45, 2.75) is 6.61 Å². The summed E-state index contributed by atoms with van der Waals surface area (Å²) >= 11 is 0. The smallest absolute Gasteiger partial charge is 0.357 e. The second kappa shape index (κ2) is 6.49. The fraction of sp³-hybridized carbons (Fsp3) is 0.200. The number of hydrogen-bond acceptors (Lipinski definition) is 5. The highest BCUT2D eigenvalue weighted by molar-refractivity contribution is 7.92. The van der Waals surface area contributed by atoms with Crippen LogP contribution in [-0.2, 0) is 21.1 Å². The number of carbonyl (C=O) groups is 1. The van der Waals surface area contributed by atoms with Crippen LogP contribution in [0, 0.1) is 0 Å². The highest BCUT2D eigenvalue weighted by Crippen LogP contribution is 2.12. The molecule has 110 valence electrons. The third-order valence-corrected chi connectivity index (χ3v) is 3.10. The molecule has 0 atom stereocenters. The van der Waals surface area contributed by atoms with E-state index in [0.717, 1.165) is 5.56 Å². The summed E-state index contributed by atoms with van der Waals surface area (Å²) in [5, 5.41) is 0. The Hall–Kier alpha value is -2.21. The lowest BCUT2D eigenvalue weighted by Crippen LogP contribution is -2.07. The molecule has 0 N–H and O–H groups in total. The number of hydrogen-bond donors (Lipinski definition) is 0. The van der Waals surface area contributed by atoms with Crippen molar-refractivity contribution in [3.63, 3.8) is 0 Å². The van der Waals surface area contributed by atoms with E-state index in [-0.39, 0.29) is 18.1 Å². The van der Waals surface area contributed by atoms with Crippen LogP contribution in [0.15, 0.2) is 52.9 Å². The van der Waals surface area contributed by atoms with E-state index in [1.54, 1.807) is 18.2 Å². The molecule has 0 bridgehead atoms. The molecular weight excluding hydrogens is 288 g/mol. The molecule has 1 heterocycles. The van der Waals surface area contributed by atoms with Gasteiger partial charge >= 0.3 is 5.97 Å². The maximum Gasteiger partial charge on any atom is 0.357 e. The number of aromatic nitrogens is 1. The first-order valence-electron chi connectivity index (χ1n) is 6.29. The molecule has 0 amide bonds. The topological polar surface area (TPSA) is 68.6 Å². The van der Waals surface area contributed by atoms with Crippen molar-refractivity contribution >= 4 is 21.5 Å². The molecular formula is C15H16N2O3S. The van der Waals surface area contributed by atoms with Crippen LogP contribution in [-0.4, -0.2) is 27.7 Å². The molecule has 0 aliphatic rings. The zero-order valence-corrected chi connectivity index (χ0v) is 12.7. The van der Waals surface area contributed by atoms with Crippen LogP contribution in [0.2, 0.25) is 0 Å². The number of ether oxygens (including phenoxy) is 1. The van der Waals surface area contributed by atoms with E-state index in [9.17, 15) is 9.00 Å². The Labute approximate surface area is 124 Å². The van der Waals surface area contributed by atoms with Crippen LogP contribution in [0.25, 0.3) is 0 Å². The first kappa shape index (κ1) is 15.2. The Morgan fingerprint density at radius 3 is 2.52 bits per heavy atom. The largest absolute Gasteiger partial charge is 0.456 e. The third-order valence-electron chi connectivity index (χ3n) is 2.47. The Morgan fingerprint density at radius 2 is 1.86 bits per heavy atom. The van der Waals surface area contributed by atoms with Gasteiger partial charge in [-0.15, -0.1) is 0 Å². The highest BCUT2D eigenvalue weighted by Gasteiger charge is 2.10. The second-order valence-electron chi connectivity index (χ2n) is 4.72. The Kier molecular flexibility index (Phi) is 4.70. The van der Waals surface area contributed by atoms with Crippen molar-refractivity contribution < 1.29 is 13.7 Å². The summed E-state index contributed by atoms with van der Waals surface area (Å²) in [6.45, 7) is 0.182. The monoisotopic (exact) mass is 304 g/mol. The SMILES string of the molecule is CS(C)(=O)=Nc1cccc(C(=O)OCc2ccccc2)n1. The predicted molar refractivity (Wildman–Crippen MR) is 81.9 cm³/mol. The standard InChI is InChI=1S/C15H16N2O3S/c1-21(2,19)17-14-10-6-9-13(16-14)15(18)20-11-12-7-4-3-5-8-12/h3-10H,11H2,1-2H3. The number of carbonyl (C=O) groups excluding carboxylic acids is 1. The van der Waals surface area contributed by atoms with Crippen LogP contribution in [0.1, 0.15) is 16.1 Å². The molecule has 0 saturated heterocycles. The second-order valence-corrected chi connectivity index (χ2v) is 7.26. The van der Waals surface area contributed by atoms with Gasteiger partial charge in [0.05, 0.1) is 0 Å². The minimum absolute atomic E-state index is 0.149. The zero-order chi connectivity index (χ0) is 15.3. The van der Waals surface area contributed by atoms with Gasteiger partial charge in [0.2, 0.25) is 0 Å². The lowest BCUT2D eigenvalue weighted by molar-refractivity contribution is 0.0466. The molecule has 6 heteroatoms. The number of esters is 1. The molecule has 2 rings (SSSR count). The van der Waals surface area contributed by atoms with E-state index in [1.807, 2.05) is 30.3 Å². The maximum absolute atomic E-state index is 11.9.